The van der Waals surface area contributed by atoms with Crippen molar-refractivity contribution in [1.29, 1.82) is 0 Å². The van der Waals surface area contributed by atoms with Gasteiger partial charge in [0.05, 0.1) is 0 Å². The number of halogens is 2. The number of carbonyl (C=O) groups is 1. The maximum absolute atomic E-state index is 13.4. The van der Waals surface area contributed by atoms with Crippen LogP contribution in [0.5, 0.6) is 0 Å². The van der Waals surface area contributed by atoms with E-state index in [9.17, 15) is 9.18 Å². The zero-order valence-electron chi connectivity index (χ0n) is 10.7. The third-order valence-corrected chi connectivity index (χ3v) is 3.05. The summed E-state index contributed by atoms with van der Waals surface area (Å²) in [6.07, 6.45) is 4.10. The van der Waals surface area contributed by atoms with E-state index in [4.69, 9.17) is 5.11 Å². The van der Waals surface area contributed by atoms with Crippen molar-refractivity contribution in [3.8, 4) is 0 Å². The second kappa shape index (κ2) is 8.07. The van der Waals surface area contributed by atoms with Gasteiger partial charge in [0.15, 0.2) is 0 Å². The highest BCUT2D eigenvalue weighted by atomic mass is 79.9. The molecule has 0 radical (unpaired) electrons. The van der Waals surface area contributed by atoms with Crippen LogP contribution in [-0.4, -0.2) is 23.7 Å². The molecular formula is C14H17BrFNO2. The molecule has 0 saturated heterocycles. The van der Waals surface area contributed by atoms with Crippen LogP contribution in [0.2, 0.25) is 0 Å². The van der Waals surface area contributed by atoms with Crippen molar-refractivity contribution in [3.05, 3.63) is 40.1 Å². The van der Waals surface area contributed by atoms with E-state index < -0.39 is 0 Å². The summed E-state index contributed by atoms with van der Waals surface area (Å²) in [6.45, 7) is 1.97. The first-order chi connectivity index (χ1) is 9.02. The Kier molecular flexibility index (Phi) is 6.73. The Labute approximate surface area is 120 Å². The van der Waals surface area contributed by atoms with E-state index in [2.05, 4.69) is 21.2 Å². The molecule has 0 aliphatic heterocycles. The van der Waals surface area contributed by atoms with Crippen molar-refractivity contribution in [1.82, 2.24) is 5.32 Å². The summed E-state index contributed by atoms with van der Waals surface area (Å²) >= 11 is 3.25. The molecule has 0 aromatic heterocycles. The van der Waals surface area contributed by atoms with Crippen molar-refractivity contribution in [3.63, 3.8) is 0 Å². The van der Waals surface area contributed by atoms with Crippen molar-refractivity contribution < 1.29 is 14.3 Å². The molecule has 1 unspecified atom stereocenters. The summed E-state index contributed by atoms with van der Waals surface area (Å²) in [6, 6.07) is 4.53. The van der Waals surface area contributed by atoms with Gasteiger partial charge in [0.1, 0.15) is 5.82 Å². The van der Waals surface area contributed by atoms with Crippen LogP contribution in [0.1, 0.15) is 25.3 Å². The Morgan fingerprint density at radius 2 is 2.32 bits per heavy atom. The first kappa shape index (κ1) is 15.9. The number of amides is 1. The number of rotatable bonds is 6. The van der Waals surface area contributed by atoms with Gasteiger partial charge in [-0.2, -0.15) is 0 Å². The molecule has 3 nitrogen and oxygen atoms in total. The Bertz CT molecular complexity index is 463. The van der Waals surface area contributed by atoms with Gasteiger partial charge in [-0.1, -0.05) is 15.9 Å². The van der Waals surface area contributed by atoms with Gasteiger partial charge in [-0.25, -0.2) is 4.39 Å². The summed E-state index contributed by atoms with van der Waals surface area (Å²) in [4.78, 5) is 11.6. The molecule has 0 heterocycles. The smallest absolute Gasteiger partial charge is 0.244 e. The number of benzene rings is 1. The molecule has 2 N–H and O–H groups in total. The summed E-state index contributed by atoms with van der Waals surface area (Å²) in [7, 11) is 0. The zero-order chi connectivity index (χ0) is 14.3. The molecule has 0 bridgehead atoms. The number of nitrogens with one attached hydrogen (secondary N) is 1. The average molecular weight is 330 g/mol. The predicted octanol–water partition coefficient (Wildman–Crippen LogP) is 2.88. The third-order valence-electron chi connectivity index (χ3n) is 2.56. The SMILES string of the molecule is CC(CCCO)NC(=O)/C=C/c1cc(Br)ccc1F. The third kappa shape index (κ3) is 5.98. The van der Waals surface area contributed by atoms with E-state index in [1.54, 1.807) is 12.1 Å². The monoisotopic (exact) mass is 329 g/mol. The highest BCUT2D eigenvalue weighted by Gasteiger charge is 2.05. The lowest BCUT2D eigenvalue weighted by Gasteiger charge is -2.11. The van der Waals surface area contributed by atoms with E-state index in [0.29, 0.717) is 18.4 Å². The van der Waals surface area contributed by atoms with Crippen LogP contribution in [0.15, 0.2) is 28.7 Å². The minimum absolute atomic E-state index is 0.0170. The molecule has 0 fully saturated rings. The maximum Gasteiger partial charge on any atom is 0.244 e. The van der Waals surface area contributed by atoms with Gasteiger partial charge in [0.2, 0.25) is 5.91 Å². The van der Waals surface area contributed by atoms with Crippen molar-refractivity contribution in [2.45, 2.75) is 25.8 Å². The first-order valence-electron chi connectivity index (χ1n) is 6.07. The predicted molar refractivity (Wildman–Crippen MR) is 77.1 cm³/mol. The van der Waals surface area contributed by atoms with E-state index in [1.807, 2.05) is 6.92 Å². The van der Waals surface area contributed by atoms with Crippen molar-refractivity contribution >= 4 is 27.9 Å². The fourth-order valence-corrected chi connectivity index (χ4v) is 1.95. The fourth-order valence-electron chi connectivity index (χ4n) is 1.57. The maximum atomic E-state index is 13.4. The number of hydrogen-bond donors (Lipinski definition) is 2. The lowest BCUT2D eigenvalue weighted by molar-refractivity contribution is -0.117. The number of aliphatic hydroxyl groups excluding tert-OH is 1. The number of aliphatic hydroxyl groups is 1. The zero-order valence-corrected chi connectivity index (χ0v) is 12.3. The van der Waals surface area contributed by atoms with Crippen molar-refractivity contribution in [2.75, 3.05) is 6.61 Å². The molecular weight excluding hydrogens is 313 g/mol. The minimum Gasteiger partial charge on any atom is -0.396 e. The van der Waals surface area contributed by atoms with Gasteiger partial charge in [0.25, 0.3) is 0 Å². The molecule has 1 amide bonds. The Balaban J connectivity index is 2.56. The Morgan fingerprint density at radius 1 is 1.58 bits per heavy atom. The van der Waals surface area contributed by atoms with Gasteiger partial charge < -0.3 is 10.4 Å². The normalized spacial score (nSPS) is 12.6. The van der Waals surface area contributed by atoms with Gasteiger partial charge in [-0.15, -0.1) is 0 Å². The average Bonchev–Trinajstić information content (AvgIpc) is 2.37. The Hall–Kier alpha value is -1.20. The van der Waals surface area contributed by atoms with Crippen molar-refractivity contribution in [2.24, 2.45) is 0 Å². The van der Waals surface area contributed by atoms with Crippen LogP contribution in [0.3, 0.4) is 0 Å². The van der Waals surface area contributed by atoms with Crippen LogP contribution in [-0.2, 0) is 4.79 Å². The molecule has 0 saturated carbocycles. The highest BCUT2D eigenvalue weighted by molar-refractivity contribution is 9.10. The fraction of sp³-hybridized carbons (Fsp3) is 0.357. The van der Waals surface area contributed by atoms with Gasteiger partial charge in [-0.05, 0) is 44.0 Å². The minimum atomic E-state index is -0.374. The molecule has 0 aliphatic carbocycles. The summed E-state index contributed by atoms with van der Waals surface area (Å²) < 4.78 is 14.2. The summed E-state index contributed by atoms with van der Waals surface area (Å²) in [5.41, 5.74) is 0.354. The number of hydrogen-bond acceptors (Lipinski definition) is 2. The molecule has 0 aliphatic rings. The molecule has 1 atom stereocenters. The van der Waals surface area contributed by atoms with Crippen LogP contribution >= 0.6 is 15.9 Å². The van der Waals surface area contributed by atoms with Gasteiger partial charge in [-0.3, -0.25) is 4.79 Å². The molecule has 1 aromatic carbocycles. The molecule has 0 spiro atoms. The number of carbonyl (C=O) groups excluding carboxylic acids is 1. The van der Waals surface area contributed by atoms with E-state index in [-0.39, 0.29) is 24.4 Å². The molecule has 5 heteroatoms. The second-order valence-electron chi connectivity index (χ2n) is 4.27. The molecule has 1 rings (SSSR count). The van der Waals surface area contributed by atoms with Crippen LogP contribution < -0.4 is 5.32 Å². The molecule has 19 heavy (non-hydrogen) atoms. The summed E-state index contributed by atoms with van der Waals surface area (Å²) in [5, 5.41) is 11.4. The van der Waals surface area contributed by atoms with Crippen LogP contribution in [0.4, 0.5) is 4.39 Å². The van der Waals surface area contributed by atoms with E-state index >= 15 is 0 Å². The van der Waals surface area contributed by atoms with Gasteiger partial charge >= 0.3 is 0 Å². The van der Waals surface area contributed by atoms with E-state index in [1.165, 1.54) is 18.2 Å². The molecule has 104 valence electrons. The topological polar surface area (TPSA) is 49.3 Å². The standard InChI is InChI=1S/C14H17BrFNO2/c1-10(3-2-8-18)17-14(19)7-4-11-9-12(15)5-6-13(11)16/h4-7,9-10,18H,2-3,8H2,1H3,(H,17,19)/b7-4+. The lowest BCUT2D eigenvalue weighted by atomic mass is 10.1. The van der Waals surface area contributed by atoms with E-state index in [0.717, 1.165) is 4.47 Å². The van der Waals surface area contributed by atoms with Crippen LogP contribution in [0.25, 0.3) is 6.08 Å². The van der Waals surface area contributed by atoms with Gasteiger partial charge in [0, 0.05) is 28.8 Å². The Morgan fingerprint density at radius 3 is 3.00 bits per heavy atom. The van der Waals surface area contributed by atoms with Crippen LogP contribution in [0, 0.1) is 5.82 Å². The highest BCUT2D eigenvalue weighted by Crippen LogP contribution is 2.16. The first-order valence-corrected chi connectivity index (χ1v) is 6.86. The quantitative estimate of drug-likeness (QED) is 0.788. The second-order valence-corrected chi connectivity index (χ2v) is 5.19. The lowest BCUT2D eigenvalue weighted by Crippen LogP contribution is -2.31. The largest absolute Gasteiger partial charge is 0.396 e. The summed E-state index contributed by atoms with van der Waals surface area (Å²) in [5.74, 6) is -0.648. The molecule has 1 aromatic rings.